The number of halogens is 2. The van der Waals surface area contributed by atoms with Crippen LogP contribution in [0.15, 0.2) is 42.5 Å². The van der Waals surface area contributed by atoms with Gasteiger partial charge < -0.3 is 4.90 Å². The monoisotopic (exact) mass is 381 g/mol. The lowest BCUT2D eigenvalue weighted by Crippen LogP contribution is -2.38. The first-order valence-corrected chi connectivity index (χ1v) is 9.96. The Kier molecular flexibility index (Phi) is 5.59. The van der Waals surface area contributed by atoms with Crippen LogP contribution in [-0.2, 0) is 27.8 Å². The van der Waals surface area contributed by atoms with Crippen LogP contribution < -0.4 is 4.90 Å². The highest BCUT2D eigenvalue weighted by Gasteiger charge is 2.23. The van der Waals surface area contributed by atoms with Gasteiger partial charge in [0.25, 0.3) is 0 Å². The Morgan fingerprint density at radius 1 is 1.17 bits per heavy atom. The van der Waals surface area contributed by atoms with Gasteiger partial charge in [-0.15, -0.1) is 0 Å². The van der Waals surface area contributed by atoms with Crippen molar-refractivity contribution in [1.29, 1.82) is 0 Å². The standard InChI is InChI=1S/C18H17Cl2NO2S/c19-15-8-7-14(16(20)10-15)11-24(23)12-18(22)21-9-3-5-13-4-1-2-6-17(13)21/h1-2,4,6-8,10H,3,5,9,11-12H2/t24-/m1/s1. The Morgan fingerprint density at radius 2 is 1.96 bits per heavy atom. The fourth-order valence-corrected chi connectivity index (χ4v) is 4.56. The van der Waals surface area contributed by atoms with Crippen LogP contribution in [0, 0.1) is 0 Å². The molecule has 6 heteroatoms. The third-order valence-corrected chi connectivity index (χ3v) is 5.82. The van der Waals surface area contributed by atoms with Crippen LogP contribution in [0.3, 0.4) is 0 Å². The van der Waals surface area contributed by atoms with Gasteiger partial charge in [0.15, 0.2) is 0 Å². The summed E-state index contributed by atoms with van der Waals surface area (Å²) in [5.74, 6) is 0.135. The lowest BCUT2D eigenvalue weighted by atomic mass is 10.0. The predicted octanol–water partition coefficient (Wildman–Crippen LogP) is 4.22. The van der Waals surface area contributed by atoms with Gasteiger partial charge in [-0.25, -0.2) is 0 Å². The van der Waals surface area contributed by atoms with E-state index in [1.807, 2.05) is 24.3 Å². The number of nitrogens with zero attached hydrogens (tertiary/aromatic N) is 1. The molecule has 0 unspecified atom stereocenters. The maximum Gasteiger partial charge on any atom is 0.239 e. The normalized spacial score (nSPS) is 15.0. The van der Waals surface area contributed by atoms with E-state index in [0.29, 0.717) is 16.6 Å². The number of hydrogen-bond donors (Lipinski definition) is 0. The molecule has 3 nitrogen and oxygen atoms in total. The molecule has 0 aliphatic carbocycles. The molecule has 126 valence electrons. The van der Waals surface area contributed by atoms with E-state index in [-0.39, 0.29) is 17.4 Å². The van der Waals surface area contributed by atoms with E-state index in [2.05, 4.69) is 0 Å². The van der Waals surface area contributed by atoms with Gasteiger partial charge >= 0.3 is 0 Å². The summed E-state index contributed by atoms with van der Waals surface area (Å²) in [4.78, 5) is 14.3. The zero-order chi connectivity index (χ0) is 17.1. The van der Waals surface area contributed by atoms with Crippen LogP contribution in [0.2, 0.25) is 10.0 Å². The second-order valence-corrected chi connectivity index (χ2v) is 8.04. The maximum absolute atomic E-state index is 12.6. The molecule has 2 aromatic rings. The minimum Gasteiger partial charge on any atom is -0.311 e. The van der Waals surface area contributed by atoms with Gasteiger partial charge in [-0.1, -0.05) is 47.5 Å². The van der Waals surface area contributed by atoms with Crippen molar-refractivity contribution in [1.82, 2.24) is 0 Å². The number of amides is 1. The summed E-state index contributed by atoms with van der Waals surface area (Å²) in [6.07, 6.45) is 1.90. The summed E-state index contributed by atoms with van der Waals surface area (Å²) in [6, 6.07) is 13.0. The lowest BCUT2D eigenvalue weighted by molar-refractivity contribution is -0.116. The first-order chi connectivity index (χ1) is 11.5. The van der Waals surface area contributed by atoms with Crippen molar-refractivity contribution in [2.45, 2.75) is 18.6 Å². The molecule has 24 heavy (non-hydrogen) atoms. The van der Waals surface area contributed by atoms with Gasteiger partial charge in [0.2, 0.25) is 5.91 Å². The summed E-state index contributed by atoms with van der Waals surface area (Å²) in [7, 11) is -1.32. The molecule has 3 rings (SSSR count). The number of hydrogen-bond acceptors (Lipinski definition) is 2. The number of para-hydroxylation sites is 1. The molecule has 1 atom stereocenters. The summed E-state index contributed by atoms with van der Waals surface area (Å²) in [5.41, 5.74) is 2.85. The van der Waals surface area contributed by atoms with Gasteiger partial charge in [-0.3, -0.25) is 9.00 Å². The number of aryl methyl sites for hydroxylation is 1. The van der Waals surface area contributed by atoms with E-state index in [1.54, 1.807) is 23.1 Å². The Labute approximate surface area is 154 Å². The molecule has 0 N–H and O–H groups in total. The largest absolute Gasteiger partial charge is 0.311 e. The molecule has 0 radical (unpaired) electrons. The zero-order valence-corrected chi connectivity index (χ0v) is 15.3. The van der Waals surface area contributed by atoms with Crippen LogP contribution in [-0.4, -0.2) is 22.4 Å². The Morgan fingerprint density at radius 3 is 2.75 bits per heavy atom. The molecule has 0 saturated carbocycles. The first kappa shape index (κ1) is 17.5. The first-order valence-electron chi connectivity index (χ1n) is 7.72. The SMILES string of the molecule is O=C(C[S@](=O)Cc1ccc(Cl)cc1Cl)N1CCCc2ccccc21. The summed E-state index contributed by atoms with van der Waals surface area (Å²) in [5, 5.41) is 1.02. The number of carbonyl (C=O) groups is 1. The second-order valence-electron chi connectivity index (χ2n) is 5.74. The van der Waals surface area contributed by atoms with Crippen LogP contribution >= 0.6 is 23.2 Å². The summed E-state index contributed by atoms with van der Waals surface area (Å²) < 4.78 is 12.4. The molecule has 1 aliphatic rings. The smallest absolute Gasteiger partial charge is 0.239 e. The number of carbonyl (C=O) groups excluding carboxylic acids is 1. The Hall–Kier alpha value is -1.36. The second kappa shape index (κ2) is 7.68. The molecule has 0 spiro atoms. The van der Waals surface area contributed by atoms with Crippen LogP contribution in [0.5, 0.6) is 0 Å². The molecule has 0 saturated heterocycles. The molecule has 0 bridgehead atoms. The third-order valence-electron chi connectivity index (χ3n) is 4.03. The van der Waals surface area contributed by atoms with Crippen molar-refractivity contribution in [3.05, 3.63) is 63.6 Å². The number of benzene rings is 2. The van der Waals surface area contributed by atoms with Gasteiger partial charge in [0, 0.05) is 33.1 Å². The number of anilines is 1. The maximum atomic E-state index is 12.6. The number of fused-ring (bicyclic) bond motifs is 1. The van der Waals surface area contributed by atoms with Crippen LogP contribution in [0.4, 0.5) is 5.69 Å². The molecule has 1 amide bonds. The van der Waals surface area contributed by atoms with Crippen molar-refractivity contribution in [2.75, 3.05) is 17.2 Å². The third kappa shape index (κ3) is 4.00. The average Bonchev–Trinajstić information content (AvgIpc) is 2.57. The van der Waals surface area contributed by atoms with E-state index in [9.17, 15) is 9.00 Å². The highest BCUT2D eigenvalue weighted by molar-refractivity contribution is 7.85. The van der Waals surface area contributed by atoms with Gasteiger partial charge in [-0.2, -0.15) is 0 Å². The lowest BCUT2D eigenvalue weighted by Gasteiger charge is -2.29. The van der Waals surface area contributed by atoms with Gasteiger partial charge in [-0.05, 0) is 42.2 Å². The minimum absolute atomic E-state index is 0.00666. The molecular weight excluding hydrogens is 365 g/mol. The molecule has 2 aromatic carbocycles. The quantitative estimate of drug-likeness (QED) is 0.794. The van der Waals surface area contributed by atoms with Crippen molar-refractivity contribution < 1.29 is 9.00 Å². The predicted molar refractivity (Wildman–Crippen MR) is 100 cm³/mol. The molecule has 0 fully saturated rings. The zero-order valence-electron chi connectivity index (χ0n) is 13.0. The van der Waals surface area contributed by atoms with Crippen molar-refractivity contribution in [3.63, 3.8) is 0 Å². The fourth-order valence-electron chi connectivity index (χ4n) is 2.87. The minimum atomic E-state index is -1.32. The fraction of sp³-hybridized carbons (Fsp3) is 0.278. The van der Waals surface area contributed by atoms with Crippen molar-refractivity contribution in [3.8, 4) is 0 Å². The van der Waals surface area contributed by atoms with Crippen LogP contribution in [0.25, 0.3) is 0 Å². The van der Waals surface area contributed by atoms with Crippen molar-refractivity contribution in [2.24, 2.45) is 0 Å². The van der Waals surface area contributed by atoms with Crippen LogP contribution in [0.1, 0.15) is 17.5 Å². The van der Waals surface area contributed by atoms with E-state index in [0.717, 1.165) is 24.1 Å². The number of rotatable bonds is 4. The van der Waals surface area contributed by atoms with Gasteiger partial charge in [0.1, 0.15) is 5.75 Å². The van der Waals surface area contributed by atoms with E-state index < -0.39 is 10.8 Å². The average molecular weight is 382 g/mol. The van der Waals surface area contributed by atoms with E-state index >= 15 is 0 Å². The highest BCUT2D eigenvalue weighted by Crippen LogP contribution is 2.27. The Balaban J connectivity index is 1.68. The summed E-state index contributed by atoms with van der Waals surface area (Å²) >= 11 is 12.0. The molecule has 0 aromatic heterocycles. The van der Waals surface area contributed by atoms with E-state index in [4.69, 9.17) is 23.2 Å². The topological polar surface area (TPSA) is 37.4 Å². The van der Waals surface area contributed by atoms with E-state index in [1.165, 1.54) is 5.56 Å². The van der Waals surface area contributed by atoms with Crippen molar-refractivity contribution >= 4 is 45.6 Å². The molecule has 1 heterocycles. The molecule has 1 aliphatic heterocycles. The Bertz CT molecular complexity index is 794. The summed E-state index contributed by atoms with van der Waals surface area (Å²) in [6.45, 7) is 0.675. The molecular formula is C18H17Cl2NO2S. The van der Waals surface area contributed by atoms with Gasteiger partial charge in [0.05, 0.1) is 5.75 Å². The highest BCUT2D eigenvalue weighted by atomic mass is 35.5.